The third-order valence-corrected chi connectivity index (χ3v) is 2.27. The third kappa shape index (κ3) is 2.65. The fraction of sp³-hybridized carbons (Fsp3) is 0. The molecule has 1 unspecified atom stereocenters. The molecule has 2 nitrogen and oxygen atoms in total. The van der Waals surface area contributed by atoms with E-state index < -0.39 is 11.1 Å². The Morgan fingerprint density at radius 3 is 2.69 bits per heavy atom. The van der Waals surface area contributed by atoms with Gasteiger partial charge in [0.05, 0.1) is 4.90 Å². The summed E-state index contributed by atoms with van der Waals surface area (Å²) in [6.07, 6.45) is 5.10. The standard InChI is InChI=1S/C10H10O2S/c1-2-3-6-9-7-4-5-8-10(9)13(11)12/h2-8H,1H2,(H,11,12). The maximum Gasteiger partial charge on any atom is 0.187 e. The normalized spacial score (nSPS) is 13.0. The van der Waals surface area contributed by atoms with Gasteiger partial charge in [0.2, 0.25) is 0 Å². The van der Waals surface area contributed by atoms with Crippen molar-refractivity contribution in [3.05, 3.63) is 48.6 Å². The zero-order valence-electron chi connectivity index (χ0n) is 7.01. The molecule has 1 aromatic rings. The predicted molar refractivity (Wildman–Crippen MR) is 54.7 cm³/mol. The van der Waals surface area contributed by atoms with E-state index in [9.17, 15) is 4.21 Å². The molecule has 0 aliphatic rings. The summed E-state index contributed by atoms with van der Waals surface area (Å²) in [5.74, 6) is 0. The zero-order valence-corrected chi connectivity index (χ0v) is 7.83. The molecule has 0 fully saturated rings. The summed E-state index contributed by atoms with van der Waals surface area (Å²) in [6, 6.07) is 6.95. The van der Waals surface area contributed by atoms with Crippen molar-refractivity contribution in [1.82, 2.24) is 0 Å². The van der Waals surface area contributed by atoms with Crippen LogP contribution in [0.15, 0.2) is 47.9 Å². The fourth-order valence-electron chi connectivity index (χ4n) is 0.949. The van der Waals surface area contributed by atoms with E-state index in [0.29, 0.717) is 4.90 Å². The molecule has 0 radical (unpaired) electrons. The topological polar surface area (TPSA) is 37.3 Å². The Kier molecular flexibility index (Phi) is 3.61. The second-order valence-corrected chi connectivity index (χ2v) is 3.32. The minimum absolute atomic E-state index is 0.417. The van der Waals surface area contributed by atoms with Crippen LogP contribution in [0.2, 0.25) is 0 Å². The predicted octanol–water partition coefficient (Wildman–Crippen LogP) is 2.47. The van der Waals surface area contributed by atoms with Crippen LogP contribution >= 0.6 is 0 Å². The van der Waals surface area contributed by atoms with Gasteiger partial charge in [0.25, 0.3) is 0 Å². The van der Waals surface area contributed by atoms with Crippen molar-refractivity contribution in [2.75, 3.05) is 0 Å². The molecule has 1 rings (SSSR count). The third-order valence-electron chi connectivity index (χ3n) is 1.52. The number of benzene rings is 1. The molecule has 0 saturated carbocycles. The second kappa shape index (κ2) is 4.74. The minimum Gasteiger partial charge on any atom is -0.302 e. The average Bonchev–Trinajstić information content (AvgIpc) is 2.15. The maximum absolute atomic E-state index is 10.8. The first-order valence-corrected chi connectivity index (χ1v) is 4.85. The summed E-state index contributed by atoms with van der Waals surface area (Å²) in [5, 5.41) is 0. The molecule has 68 valence electrons. The summed E-state index contributed by atoms with van der Waals surface area (Å²) >= 11 is -1.93. The lowest BCUT2D eigenvalue weighted by atomic mass is 10.2. The number of hydrogen-bond acceptors (Lipinski definition) is 1. The molecule has 0 aromatic heterocycles. The summed E-state index contributed by atoms with van der Waals surface area (Å²) in [5.41, 5.74) is 0.739. The van der Waals surface area contributed by atoms with Crippen LogP contribution in [0.1, 0.15) is 5.56 Å². The van der Waals surface area contributed by atoms with Crippen LogP contribution in [0.25, 0.3) is 6.08 Å². The van der Waals surface area contributed by atoms with Crippen molar-refractivity contribution in [2.24, 2.45) is 0 Å². The molecule has 0 amide bonds. The average molecular weight is 194 g/mol. The molecule has 0 saturated heterocycles. The molecular formula is C10H10O2S. The Labute approximate surface area is 79.9 Å². The van der Waals surface area contributed by atoms with E-state index >= 15 is 0 Å². The second-order valence-electron chi connectivity index (χ2n) is 2.38. The lowest BCUT2D eigenvalue weighted by molar-refractivity contribution is 0.564. The molecule has 3 heteroatoms. The molecule has 13 heavy (non-hydrogen) atoms. The van der Waals surface area contributed by atoms with E-state index in [0.717, 1.165) is 5.56 Å². The van der Waals surface area contributed by atoms with Gasteiger partial charge in [-0.3, -0.25) is 0 Å². The molecule has 0 spiro atoms. The van der Waals surface area contributed by atoms with Crippen molar-refractivity contribution in [3.63, 3.8) is 0 Å². The molecular weight excluding hydrogens is 184 g/mol. The Morgan fingerprint density at radius 2 is 2.08 bits per heavy atom. The van der Waals surface area contributed by atoms with Gasteiger partial charge in [0.1, 0.15) is 0 Å². The highest BCUT2D eigenvalue weighted by molar-refractivity contribution is 7.79. The van der Waals surface area contributed by atoms with Crippen LogP contribution < -0.4 is 0 Å². The maximum atomic E-state index is 10.8. The number of rotatable bonds is 3. The van der Waals surface area contributed by atoms with Crippen molar-refractivity contribution in [2.45, 2.75) is 4.90 Å². The lowest BCUT2D eigenvalue weighted by Gasteiger charge is -1.99. The molecule has 0 heterocycles. The quantitative estimate of drug-likeness (QED) is 0.593. The van der Waals surface area contributed by atoms with Crippen molar-refractivity contribution >= 4 is 17.2 Å². The first-order valence-electron chi connectivity index (χ1n) is 3.74. The van der Waals surface area contributed by atoms with E-state index in [1.165, 1.54) is 0 Å². The van der Waals surface area contributed by atoms with Crippen LogP contribution in [0.5, 0.6) is 0 Å². The van der Waals surface area contributed by atoms with Crippen LogP contribution in [-0.2, 0) is 11.1 Å². The first kappa shape index (κ1) is 9.89. The summed E-state index contributed by atoms with van der Waals surface area (Å²) in [6.45, 7) is 3.53. The van der Waals surface area contributed by atoms with Gasteiger partial charge in [-0.05, 0) is 11.6 Å². The zero-order chi connectivity index (χ0) is 9.68. The number of hydrogen-bond donors (Lipinski definition) is 1. The van der Waals surface area contributed by atoms with Gasteiger partial charge in [0, 0.05) is 0 Å². The molecule has 1 atom stereocenters. The van der Waals surface area contributed by atoms with Crippen molar-refractivity contribution < 1.29 is 8.76 Å². The van der Waals surface area contributed by atoms with Crippen LogP contribution in [0.4, 0.5) is 0 Å². The largest absolute Gasteiger partial charge is 0.302 e. The van der Waals surface area contributed by atoms with E-state index in [2.05, 4.69) is 6.58 Å². The van der Waals surface area contributed by atoms with E-state index in [1.54, 1.807) is 36.4 Å². The summed E-state index contributed by atoms with van der Waals surface area (Å²) in [4.78, 5) is 0.417. The van der Waals surface area contributed by atoms with Crippen LogP contribution in [0, 0.1) is 0 Å². The van der Waals surface area contributed by atoms with Gasteiger partial charge in [-0.25, -0.2) is 4.21 Å². The Balaban J connectivity index is 3.11. The van der Waals surface area contributed by atoms with Crippen LogP contribution in [0.3, 0.4) is 0 Å². The smallest absolute Gasteiger partial charge is 0.187 e. The van der Waals surface area contributed by atoms with Crippen molar-refractivity contribution in [3.8, 4) is 0 Å². The van der Waals surface area contributed by atoms with Gasteiger partial charge < -0.3 is 4.55 Å². The van der Waals surface area contributed by atoms with Gasteiger partial charge >= 0.3 is 0 Å². The summed E-state index contributed by atoms with van der Waals surface area (Å²) in [7, 11) is 0. The van der Waals surface area contributed by atoms with E-state index in [1.807, 2.05) is 6.07 Å². The van der Waals surface area contributed by atoms with Gasteiger partial charge in [0.15, 0.2) is 11.1 Å². The fourth-order valence-corrected chi connectivity index (χ4v) is 1.48. The van der Waals surface area contributed by atoms with Gasteiger partial charge in [-0.2, -0.15) is 0 Å². The van der Waals surface area contributed by atoms with Gasteiger partial charge in [-0.15, -0.1) is 0 Å². The minimum atomic E-state index is -1.93. The molecule has 1 N–H and O–H groups in total. The highest BCUT2D eigenvalue weighted by Crippen LogP contribution is 2.13. The molecule has 0 aliphatic heterocycles. The summed E-state index contributed by atoms with van der Waals surface area (Å²) < 4.78 is 19.8. The Morgan fingerprint density at radius 1 is 1.38 bits per heavy atom. The van der Waals surface area contributed by atoms with E-state index in [4.69, 9.17) is 4.55 Å². The monoisotopic (exact) mass is 194 g/mol. The lowest BCUT2D eigenvalue weighted by Crippen LogP contribution is -1.90. The van der Waals surface area contributed by atoms with Crippen molar-refractivity contribution in [1.29, 1.82) is 0 Å². The van der Waals surface area contributed by atoms with E-state index in [-0.39, 0.29) is 0 Å². The SMILES string of the molecule is C=CC=Cc1ccccc1S(=O)O. The molecule has 1 aromatic carbocycles. The van der Waals surface area contributed by atoms with Gasteiger partial charge in [-0.1, -0.05) is 43.0 Å². The Hall–Kier alpha value is -1.19. The first-order chi connectivity index (χ1) is 6.25. The molecule has 0 bridgehead atoms. The Bertz CT molecular complexity index is 356. The molecule has 0 aliphatic carbocycles. The highest BCUT2D eigenvalue weighted by atomic mass is 32.2. The van der Waals surface area contributed by atoms with Crippen LogP contribution in [-0.4, -0.2) is 8.76 Å². The highest BCUT2D eigenvalue weighted by Gasteiger charge is 2.02. The number of allylic oxidation sites excluding steroid dienone is 2.